The highest BCUT2D eigenvalue weighted by Crippen LogP contribution is 2.29. The zero-order chi connectivity index (χ0) is 13.2. The molecule has 1 aliphatic rings. The van der Waals surface area contributed by atoms with Gasteiger partial charge in [0, 0.05) is 6.04 Å². The molecular formula is C17H27N. The molecule has 1 aromatic carbocycles. The zero-order valence-corrected chi connectivity index (χ0v) is 12.3. The van der Waals surface area contributed by atoms with E-state index in [0.717, 1.165) is 12.0 Å². The molecule has 2 unspecified atom stereocenters. The van der Waals surface area contributed by atoms with E-state index >= 15 is 0 Å². The van der Waals surface area contributed by atoms with Gasteiger partial charge in [0.05, 0.1) is 0 Å². The molecule has 0 bridgehead atoms. The van der Waals surface area contributed by atoms with Crippen LogP contribution in [0.3, 0.4) is 0 Å². The summed E-state index contributed by atoms with van der Waals surface area (Å²) in [5, 5.41) is 3.41. The smallest absolute Gasteiger partial charge is 0.00669 e. The van der Waals surface area contributed by atoms with Crippen LogP contribution < -0.4 is 5.32 Å². The molecule has 18 heavy (non-hydrogen) atoms. The summed E-state index contributed by atoms with van der Waals surface area (Å²) in [4.78, 5) is 0. The van der Waals surface area contributed by atoms with Crippen molar-refractivity contribution in [1.29, 1.82) is 0 Å². The molecule has 0 aliphatic heterocycles. The second-order valence-electron chi connectivity index (χ2n) is 6.82. The molecule has 1 nitrogen and oxygen atoms in total. The SMILES string of the molecule is CNC1CCC(Cc2ccc(C(C)(C)C)cc2)C1. The lowest BCUT2D eigenvalue weighted by Crippen LogP contribution is -2.21. The number of benzene rings is 1. The predicted octanol–water partition coefficient (Wildman–Crippen LogP) is 3.91. The molecule has 0 spiro atoms. The normalized spacial score (nSPS) is 24.4. The predicted molar refractivity (Wildman–Crippen MR) is 79.0 cm³/mol. The fourth-order valence-electron chi connectivity index (χ4n) is 3.00. The Bertz CT molecular complexity index is 372. The zero-order valence-electron chi connectivity index (χ0n) is 12.3. The lowest BCUT2D eigenvalue weighted by molar-refractivity contribution is 0.509. The van der Waals surface area contributed by atoms with Crippen molar-refractivity contribution in [3.05, 3.63) is 35.4 Å². The van der Waals surface area contributed by atoms with Gasteiger partial charge in [-0.05, 0) is 55.2 Å². The van der Waals surface area contributed by atoms with E-state index < -0.39 is 0 Å². The van der Waals surface area contributed by atoms with Crippen LogP contribution in [0.5, 0.6) is 0 Å². The summed E-state index contributed by atoms with van der Waals surface area (Å²) >= 11 is 0. The summed E-state index contributed by atoms with van der Waals surface area (Å²) in [5.74, 6) is 0.878. The molecule has 1 heteroatoms. The minimum absolute atomic E-state index is 0.267. The number of rotatable bonds is 3. The van der Waals surface area contributed by atoms with Gasteiger partial charge >= 0.3 is 0 Å². The molecule has 100 valence electrons. The van der Waals surface area contributed by atoms with Crippen LogP contribution in [0.2, 0.25) is 0 Å². The van der Waals surface area contributed by atoms with Crippen LogP contribution in [0.25, 0.3) is 0 Å². The Kier molecular flexibility index (Phi) is 4.11. The molecule has 1 fully saturated rings. The van der Waals surface area contributed by atoms with Crippen LogP contribution in [-0.4, -0.2) is 13.1 Å². The van der Waals surface area contributed by atoms with Crippen LogP contribution >= 0.6 is 0 Å². The van der Waals surface area contributed by atoms with E-state index in [0.29, 0.717) is 0 Å². The van der Waals surface area contributed by atoms with Gasteiger partial charge in [-0.2, -0.15) is 0 Å². The standard InChI is InChI=1S/C17H27N/c1-17(2,3)15-8-5-13(6-9-15)11-14-7-10-16(12-14)18-4/h5-6,8-9,14,16,18H,7,10-12H2,1-4H3. The topological polar surface area (TPSA) is 12.0 Å². The fourth-order valence-corrected chi connectivity index (χ4v) is 3.00. The number of hydrogen-bond acceptors (Lipinski definition) is 1. The van der Waals surface area contributed by atoms with E-state index in [4.69, 9.17) is 0 Å². The van der Waals surface area contributed by atoms with Crippen molar-refractivity contribution in [3.8, 4) is 0 Å². The Hall–Kier alpha value is -0.820. The summed E-state index contributed by atoms with van der Waals surface area (Å²) in [6, 6.07) is 10.0. The molecule has 0 saturated heterocycles. The van der Waals surface area contributed by atoms with E-state index in [1.165, 1.54) is 36.8 Å². The minimum Gasteiger partial charge on any atom is -0.317 e. The molecule has 1 aliphatic carbocycles. The van der Waals surface area contributed by atoms with Crippen molar-refractivity contribution in [1.82, 2.24) is 5.32 Å². The van der Waals surface area contributed by atoms with Gasteiger partial charge in [0.15, 0.2) is 0 Å². The van der Waals surface area contributed by atoms with Gasteiger partial charge in [-0.1, -0.05) is 45.0 Å². The highest BCUT2D eigenvalue weighted by Gasteiger charge is 2.23. The van der Waals surface area contributed by atoms with Crippen molar-refractivity contribution >= 4 is 0 Å². The fraction of sp³-hybridized carbons (Fsp3) is 0.647. The van der Waals surface area contributed by atoms with Gasteiger partial charge in [-0.25, -0.2) is 0 Å². The van der Waals surface area contributed by atoms with Gasteiger partial charge in [0.1, 0.15) is 0 Å². The summed E-state index contributed by atoms with van der Waals surface area (Å²) in [5.41, 5.74) is 3.21. The van der Waals surface area contributed by atoms with Gasteiger partial charge in [-0.15, -0.1) is 0 Å². The van der Waals surface area contributed by atoms with Crippen LogP contribution in [0.15, 0.2) is 24.3 Å². The first-order valence-corrected chi connectivity index (χ1v) is 7.25. The number of hydrogen-bond donors (Lipinski definition) is 1. The second-order valence-corrected chi connectivity index (χ2v) is 6.82. The third kappa shape index (κ3) is 3.35. The highest BCUT2D eigenvalue weighted by atomic mass is 14.9. The molecule has 1 saturated carbocycles. The summed E-state index contributed by atoms with van der Waals surface area (Å²) in [6.45, 7) is 6.82. The van der Waals surface area contributed by atoms with Crippen molar-refractivity contribution in [2.75, 3.05) is 7.05 Å². The maximum absolute atomic E-state index is 3.41. The quantitative estimate of drug-likeness (QED) is 0.851. The van der Waals surface area contributed by atoms with Crippen LogP contribution in [-0.2, 0) is 11.8 Å². The van der Waals surface area contributed by atoms with Crippen molar-refractivity contribution in [2.45, 2.75) is 57.9 Å². The Labute approximate surface area is 112 Å². The van der Waals surface area contributed by atoms with E-state index in [9.17, 15) is 0 Å². The molecule has 1 N–H and O–H groups in total. The Balaban J connectivity index is 1.95. The van der Waals surface area contributed by atoms with Gasteiger partial charge in [0.25, 0.3) is 0 Å². The minimum atomic E-state index is 0.267. The molecule has 0 heterocycles. The molecule has 0 radical (unpaired) electrons. The van der Waals surface area contributed by atoms with Crippen LogP contribution in [0, 0.1) is 5.92 Å². The first kappa shape index (κ1) is 13.6. The third-order valence-corrected chi connectivity index (χ3v) is 4.29. The third-order valence-electron chi connectivity index (χ3n) is 4.29. The summed E-state index contributed by atoms with van der Waals surface area (Å²) in [6.07, 6.45) is 5.33. The molecular weight excluding hydrogens is 218 g/mol. The van der Waals surface area contributed by atoms with Gasteiger partial charge in [0.2, 0.25) is 0 Å². The molecule has 2 rings (SSSR count). The Morgan fingerprint density at radius 1 is 1.11 bits per heavy atom. The second kappa shape index (κ2) is 5.44. The number of nitrogens with one attached hydrogen (secondary N) is 1. The van der Waals surface area contributed by atoms with Crippen LogP contribution in [0.4, 0.5) is 0 Å². The average Bonchev–Trinajstić information content (AvgIpc) is 2.76. The molecule has 2 atom stereocenters. The molecule has 0 amide bonds. The van der Waals surface area contributed by atoms with Crippen molar-refractivity contribution in [2.24, 2.45) is 5.92 Å². The monoisotopic (exact) mass is 245 g/mol. The van der Waals surface area contributed by atoms with E-state index in [1.54, 1.807) is 0 Å². The summed E-state index contributed by atoms with van der Waals surface area (Å²) in [7, 11) is 2.09. The summed E-state index contributed by atoms with van der Waals surface area (Å²) < 4.78 is 0. The maximum atomic E-state index is 3.41. The molecule has 1 aromatic rings. The van der Waals surface area contributed by atoms with Gasteiger partial charge in [-0.3, -0.25) is 0 Å². The van der Waals surface area contributed by atoms with Crippen molar-refractivity contribution in [3.63, 3.8) is 0 Å². The first-order valence-electron chi connectivity index (χ1n) is 7.25. The van der Waals surface area contributed by atoms with E-state index in [1.807, 2.05) is 0 Å². The first-order chi connectivity index (χ1) is 8.49. The van der Waals surface area contributed by atoms with E-state index in [2.05, 4.69) is 57.4 Å². The Morgan fingerprint density at radius 3 is 2.28 bits per heavy atom. The lowest BCUT2D eigenvalue weighted by atomic mass is 9.86. The van der Waals surface area contributed by atoms with E-state index in [-0.39, 0.29) is 5.41 Å². The Morgan fingerprint density at radius 2 is 1.78 bits per heavy atom. The molecule has 0 aromatic heterocycles. The van der Waals surface area contributed by atoms with Crippen LogP contribution in [0.1, 0.15) is 51.2 Å². The maximum Gasteiger partial charge on any atom is 0.00669 e. The average molecular weight is 245 g/mol. The largest absolute Gasteiger partial charge is 0.317 e. The highest BCUT2D eigenvalue weighted by molar-refractivity contribution is 5.27. The van der Waals surface area contributed by atoms with Crippen molar-refractivity contribution < 1.29 is 0 Å². The lowest BCUT2D eigenvalue weighted by Gasteiger charge is -2.19. The van der Waals surface area contributed by atoms with Gasteiger partial charge < -0.3 is 5.32 Å².